The summed E-state index contributed by atoms with van der Waals surface area (Å²) in [6.45, 7) is 4.17. The van der Waals surface area contributed by atoms with Crippen LogP contribution >= 0.6 is 0 Å². The maximum absolute atomic E-state index is 17.4. The van der Waals surface area contributed by atoms with Crippen LogP contribution in [0.5, 0.6) is 0 Å². The fourth-order valence-corrected chi connectivity index (χ4v) is 9.82. The van der Waals surface area contributed by atoms with Crippen molar-refractivity contribution in [3.8, 4) is 0 Å². The number of nitrogens with zero attached hydrogens (tertiary/aromatic N) is 1. The van der Waals surface area contributed by atoms with E-state index in [1.54, 1.807) is 6.92 Å². The molecule has 1 aromatic carbocycles. The predicted molar refractivity (Wildman–Crippen MR) is 142 cm³/mol. The minimum atomic E-state index is -2.18. The van der Waals surface area contributed by atoms with Crippen LogP contribution < -0.4 is 0 Å². The van der Waals surface area contributed by atoms with Crippen LogP contribution in [-0.2, 0) is 16.0 Å². The minimum Gasteiger partial charge on any atom is -0.390 e. The van der Waals surface area contributed by atoms with E-state index in [1.807, 2.05) is 25.1 Å². The molecule has 1 saturated heterocycles. The van der Waals surface area contributed by atoms with Gasteiger partial charge in [0.15, 0.2) is 17.2 Å². The Hall–Kier alpha value is -2.25. The van der Waals surface area contributed by atoms with E-state index in [2.05, 4.69) is 17.0 Å². The number of carbonyl (C=O) groups is 2. The Labute approximate surface area is 228 Å². The maximum atomic E-state index is 17.4. The number of aliphatic hydroxyl groups is 1. The Morgan fingerprint density at radius 3 is 2.62 bits per heavy atom. The molecule has 0 radical (unpaired) electrons. The number of aliphatic hydroxyl groups excluding tert-OH is 1. The highest BCUT2D eigenvalue weighted by Gasteiger charge is 2.78. The maximum Gasteiger partial charge on any atom is 0.178 e. The van der Waals surface area contributed by atoms with Gasteiger partial charge in [-0.15, -0.1) is 0 Å². The average Bonchev–Trinajstić information content (AvgIpc) is 3.39. The molecule has 4 aliphatic carbocycles. The second kappa shape index (κ2) is 9.13. The van der Waals surface area contributed by atoms with E-state index in [9.17, 15) is 19.1 Å². The van der Waals surface area contributed by atoms with Gasteiger partial charge in [0.25, 0.3) is 0 Å². The van der Waals surface area contributed by atoms with Crippen molar-refractivity contribution < 1.29 is 27.9 Å². The molecule has 0 spiro atoms. The summed E-state index contributed by atoms with van der Waals surface area (Å²) in [5.41, 5.74) is -4.21. The summed E-state index contributed by atoms with van der Waals surface area (Å²) >= 11 is 0. The first-order valence-electron chi connectivity index (χ1n) is 14.3. The smallest absolute Gasteiger partial charge is 0.178 e. The van der Waals surface area contributed by atoms with Gasteiger partial charge in [-0.3, -0.25) is 9.59 Å². The molecule has 0 bridgehead atoms. The standard InChI is InChI=1S/C32H38F3NO3/c1-29-11-10-22(37)14-25(29)26(34)15-24-23-13-21-18-36(12-6-9-20-7-4-3-5-8-20)19-31(21,28(39)17-33)30(23,2)16-27(38)32(24,29)35/h3-5,7-8,10-11,14,21,23-24,26-27,38H,6,9,12-13,15-19H2,1-2H3/t21-,23-,24-,26-,27-,29-,30-,31+,32-/m0/s1. The molecular formula is C32H38F3NO3. The Balaban J connectivity index is 1.32. The number of rotatable bonds is 6. The molecule has 6 rings (SSSR count). The molecule has 1 aliphatic heterocycles. The van der Waals surface area contributed by atoms with Crippen molar-refractivity contribution in [2.75, 3.05) is 26.3 Å². The molecule has 4 nitrogen and oxygen atoms in total. The zero-order chi connectivity index (χ0) is 27.8. The lowest BCUT2D eigenvalue weighted by atomic mass is 9.43. The Morgan fingerprint density at radius 1 is 1.15 bits per heavy atom. The van der Waals surface area contributed by atoms with Gasteiger partial charge in [-0.1, -0.05) is 43.3 Å². The highest BCUT2D eigenvalue weighted by Crippen LogP contribution is 2.74. The second-order valence-electron chi connectivity index (χ2n) is 13.1. The molecule has 9 atom stereocenters. The molecule has 3 saturated carbocycles. The molecule has 7 heteroatoms. The lowest BCUT2D eigenvalue weighted by molar-refractivity contribution is -0.211. The summed E-state index contributed by atoms with van der Waals surface area (Å²) in [4.78, 5) is 27.8. The van der Waals surface area contributed by atoms with Crippen molar-refractivity contribution in [2.45, 2.75) is 63.9 Å². The fraction of sp³-hybridized carbons (Fsp3) is 0.625. The lowest BCUT2D eigenvalue weighted by Gasteiger charge is -2.63. The molecule has 1 N–H and O–H groups in total. The number of allylic oxidation sites excluding steroid dienone is 4. The number of likely N-dealkylation sites (tertiary alicyclic amines) is 1. The molecule has 5 aliphatic rings. The van der Waals surface area contributed by atoms with Crippen molar-refractivity contribution in [2.24, 2.45) is 34.0 Å². The van der Waals surface area contributed by atoms with Crippen LogP contribution in [0.25, 0.3) is 0 Å². The molecule has 1 aromatic rings. The second-order valence-corrected chi connectivity index (χ2v) is 13.1. The number of alkyl halides is 3. The number of aryl methyl sites for hydroxylation is 1. The normalized spacial score (nSPS) is 44.8. The Morgan fingerprint density at radius 2 is 1.90 bits per heavy atom. The average molecular weight is 542 g/mol. The summed E-state index contributed by atoms with van der Waals surface area (Å²) in [5.74, 6) is -2.24. The van der Waals surface area contributed by atoms with Crippen molar-refractivity contribution >= 4 is 11.6 Å². The Kier molecular flexibility index (Phi) is 6.31. The van der Waals surface area contributed by atoms with E-state index >= 15 is 8.78 Å². The number of Topliss-reactive ketones (excluding diaryl/α,β-unsaturated/α-hetero) is 1. The number of benzene rings is 1. The monoisotopic (exact) mass is 541 g/mol. The van der Waals surface area contributed by atoms with Gasteiger partial charge >= 0.3 is 0 Å². The molecule has 0 amide bonds. The van der Waals surface area contributed by atoms with E-state index < -0.39 is 52.6 Å². The van der Waals surface area contributed by atoms with Crippen molar-refractivity contribution in [1.82, 2.24) is 4.90 Å². The molecule has 39 heavy (non-hydrogen) atoms. The summed E-state index contributed by atoms with van der Waals surface area (Å²) in [5, 5.41) is 11.6. The van der Waals surface area contributed by atoms with E-state index in [-0.39, 0.29) is 36.0 Å². The van der Waals surface area contributed by atoms with Gasteiger partial charge in [0.2, 0.25) is 0 Å². The van der Waals surface area contributed by atoms with Crippen LogP contribution in [-0.4, -0.2) is 65.8 Å². The van der Waals surface area contributed by atoms with Gasteiger partial charge in [0.05, 0.1) is 11.5 Å². The molecule has 0 aromatic heterocycles. The first-order valence-corrected chi connectivity index (χ1v) is 14.3. The molecule has 1 heterocycles. The third kappa shape index (κ3) is 3.51. The highest BCUT2D eigenvalue weighted by molar-refractivity contribution is 6.01. The molecule has 210 valence electrons. The van der Waals surface area contributed by atoms with E-state index in [4.69, 9.17) is 0 Å². The summed E-state index contributed by atoms with van der Waals surface area (Å²) in [6, 6.07) is 10.2. The van der Waals surface area contributed by atoms with Crippen LogP contribution in [0, 0.1) is 34.0 Å². The molecule has 0 unspecified atom stereocenters. The number of ketones is 2. The third-order valence-corrected chi connectivity index (χ3v) is 11.6. The first kappa shape index (κ1) is 26.9. The van der Waals surface area contributed by atoms with Crippen LogP contribution in [0.2, 0.25) is 0 Å². The van der Waals surface area contributed by atoms with Crippen LogP contribution in [0.4, 0.5) is 13.2 Å². The topological polar surface area (TPSA) is 57.6 Å². The van der Waals surface area contributed by atoms with Gasteiger partial charge in [0, 0.05) is 24.4 Å². The predicted octanol–water partition coefficient (Wildman–Crippen LogP) is 5.00. The quantitative estimate of drug-likeness (QED) is 0.551. The number of hydrogen-bond donors (Lipinski definition) is 1. The third-order valence-electron chi connectivity index (χ3n) is 11.6. The zero-order valence-corrected chi connectivity index (χ0v) is 22.7. The number of fused-ring (bicyclic) bond motifs is 7. The molecule has 4 fully saturated rings. The van der Waals surface area contributed by atoms with Gasteiger partial charge in [-0.05, 0) is 86.1 Å². The summed E-state index contributed by atoms with van der Waals surface area (Å²) < 4.78 is 47.4. The van der Waals surface area contributed by atoms with Crippen molar-refractivity contribution in [3.63, 3.8) is 0 Å². The van der Waals surface area contributed by atoms with Gasteiger partial charge in [-0.25, -0.2) is 13.2 Å². The summed E-state index contributed by atoms with van der Waals surface area (Å²) in [6.07, 6.45) is 3.06. The minimum absolute atomic E-state index is 0.00632. The number of hydrogen-bond acceptors (Lipinski definition) is 4. The van der Waals surface area contributed by atoms with Gasteiger partial charge in [0.1, 0.15) is 12.8 Å². The number of halogens is 3. The SMILES string of the molecule is C[C@]12C=CC(=O)C=C1[C@@H](F)C[C@H]1[C@@H]3C[C@H]4CN(CCCc5ccccc5)C[C@@]4(C(=O)CF)[C@@]3(C)C[C@H](O)[C@@]12F. The van der Waals surface area contributed by atoms with E-state index in [1.165, 1.54) is 23.8 Å². The lowest BCUT2D eigenvalue weighted by Crippen LogP contribution is -2.69. The van der Waals surface area contributed by atoms with Crippen molar-refractivity contribution in [1.29, 1.82) is 0 Å². The van der Waals surface area contributed by atoms with Crippen molar-refractivity contribution in [3.05, 3.63) is 59.7 Å². The van der Waals surface area contributed by atoms with Gasteiger partial charge < -0.3 is 10.0 Å². The van der Waals surface area contributed by atoms with Crippen LogP contribution in [0.1, 0.15) is 45.1 Å². The number of carbonyl (C=O) groups excluding carboxylic acids is 2. The molecular weight excluding hydrogens is 503 g/mol. The fourth-order valence-electron chi connectivity index (χ4n) is 9.82. The Bertz CT molecular complexity index is 1230. The van der Waals surface area contributed by atoms with E-state index in [0.717, 1.165) is 19.4 Å². The van der Waals surface area contributed by atoms with Gasteiger partial charge in [-0.2, -0.15) is 0 Å². The van der Waals surface area contributed by atoms with Crippen LogP contribution in [0.3, 0.4) is 0 Å². The highest BCUT2D eigenvalue weighted by atomic mass is 19.1. The zero-order valence-electron chi connectivity index (χ0n) is 22.7. The first-order chi connectivity index (χ1) is 18.5. The summed E-state index contributed by atoms with van der Waals surface area (Å²) in [7, 11) is 0. The largest absolute Gasteiger partial charge is 0.390 e. The van der Waals surface area contributed by atoms with Crippen LogP contribution in [0.15, 0.2) is 54.1 Å². The van der Waals surface area contributed by atoms with E-state index in [0.29, 0.717) is 19.5 Å².